The summed E-state index contributed by atoms with van der Waals surface area (Å²) in [5, 5.41) is 0.356. The average molecular weight is 461 g/mol. The van der Waals surface area contributed by atoms with E-state index in [9.17, 15) is 0 Å². The van der Waals surface area contributed by atoms with Crippen molar-refractivity contribution in [2.24, 2.45) is 0 Å². The number of fused-ring (bicyclic) bond motifs is 1. The molecule has 1 aliphatic rings. The molecule has 6 nitrogen and oxygen atoms in total. The Labute approximate surface area is 197 Å². The summed E-state index contributed by atoms with van der Waals surface area (Å²) in [5.41, 5.74) is 6.06. The molecular formula is C26H25ClN4O2. The lowest BCUT2D eigenvalue weighted by atomic mass is 10.1. The molecule has 5 rings (SSSR count). The molecule has 0 spiro atoms. The van der Waals surface area contributed by atoms with Gasteiger partial charge in [0.1, 0.15) is 17.9 Å². The summed E-state index contributed by atoms with van der Waals surface area (Å²) in [6, 6.07) is 20.4. The van der Waals surface area contributed by atoms with Crippen molar-refractivity contribution >= 4 is 22.8 Å². The standard InChI is InChI=1S/C26H25ClN4O2/c1-18-21(15-32-13-19-8-4-2-5-9-19)12-22(24(18)33-14-20-10-6-3-7-11-20)31-17-30-23-25(27)28-16-29-26(23)31/h2-11,16-17,22,24H,12-15H2,1H3/t22-,24-/m1/s1. The van der Waals surface area contributed by atoms with E-state index in [1.165, 1.54) is 17.5 Å². The van der Waals surface area contributed by atoms with Gasteiger partial charge in [-0.3, -0.25) is 0 Å². The third-order valence-electron chi connectivity index (χ3n) is 6.12. The molecule has 0 aliphatic heterocycles. The Hall–Kier alpha value is -3.06. The summed E-state index contributed by atoms with van der Waals surface area (Å²) < 4.78 is 14.6. The van der Waals surface area contributed by atoms with Crippen molar-refractivity contribution in [3.63, 3.8) is 0 Å². The first kappa shape index (κ1) is 21.8. The first-order chi connectivity index (χ1) is 16.2. The zero-order valence-electron chi connectivity index (χ0n) is 18.4. The minimum Gasteiger partial charge on any atom is -0.372 e. The van der Waals surface area contributed by atoms with Crippen molar-refractivity contribution < 1.29 is 9.47 Å². The maximum absolute atomic E-state index is 6.47. The van der Waals surface area contributed by atoms with Crippen LogP contribution in [-0.4, -0.2) is 32.2 Å². The van der Waals surface area contributed by atoms with Crippen molar-refractivity contribution in [2.45, 2.75) is 38.7 Å². The number of hydrogen-bond donors (Lipinski definition) is 0. The lowest BCUT2D eigenvalue weighted by Crippen LogP contribution is -2.24. The Balaban J connectivity index is 1.38. The fraction of sp³-hybridized carbons (Fsp3) is 0.269. The molecule has 0 saturated carbocycles. The Kier molecular flexibility index (Phi) is 6.48. The Bertz CT molecular complexity index is 1260. The quantitative estimate of drug-likeness (QED) is 0.255. The molecule has 0 bridgehead atoms. The van der Waals surface area contributed by atoms with Gasteiger partial charge in [-0.1, -0.05) is 72.3 Å². The molecule has 2 aromatic heterocycles. The lowest BCUT2D eigenvalue weighted by molar-refractivity contribution is 0.0377. The van der Waals surface area contributed by atoms with E-state index in [-0.39, 0.29) is 12.1 Å². The van der Waals surface area contributed by atoms with Crippen LogP contribution in [0.2, 0.25) is 5.15 Å². The van der Waals surface area contributed by atoms with Crippen molar-refractivity contribution in [3.05, 3.63) is 101 Å². The number of aromatic nitrogens is 4. The molecule has 2 heterocycles. The van der Waals surface area contributed by atoms with Crippen molar-refractivity contribution in [1.29, 1.82) is 0 Å². The smallest absolute Gasteiger partial charge is 0.165 e. The number of nitrogens with zero attached hydrogens (tertiary/aromatic N) is 4. The Morgan fingerprint density at radius 1 is 0.909 bits per heavy atom. The van der Waals surface area contributed by atoms with Gasteiger partial charge in [0, 0.05) is 0 Å². The zero-order chi connectivity index (χ0) is 22.6. The van der Waals surface area contributed by atoms with Crippen LogP contribution in [-0.2, 0) is 22.7 Å². The zero-order valence-corrected chi connectivity index (χ0v) is 19.2. The first-order valence-electron chi connectivity index (χ1n) is 11.0. The molecular weight excluding hydrogens is 436 g/mol. The van der Waals surface area contributed by atoms with Crippen molar-refractivity contribution in [1.82, 2.24) is 19.5 Å². The molecule has 4 aromatic rings. The van der Waals surface area contributed by atoms with Crippen LogP contribution in [0.25, 0.3) is 11.2 Å². The molecule has 0 saturated heterocycles. The molecule has 2 aromatic carbocycles. The normalized spacial score (nSPS) is 18.4. The highest BCUT2D eigenvalue weighted by Gasteiger charge is 2.35. The highest BCUT2D eigenvalue weighted by atomic mass is 35.5. The predicted octanol–water partition coefficient (Wildman–Crippen LogP) is 5.54. The van der Waals surface area contributed by atoms with Crippen LogP contribution in [0, 0.1) is 0 Å². The van der Waals surface area contributed by atoms with Gasteiger partial charge in [-0.15, -0.1) is 0 Å². The van der Waals surface area contributed by atoms with Crippen LogP contribution >= 0.6 is 11.6 Å². The SMILES string of the molecule is CC1=C(COCc2ccccc2)C[C@@H](n2cnc3c(Cl)ncnc32)[C@@H]1OCc1ccccc1. The van der Waals surface area contributed by atoms with E-state index in [0.29, 0.717) is 36.1 Å². The van der Waals surface area contributed by atoms with Crippen LogP contribution in [0.15, 0.2) is 84.5 Å². The van der Waals surface area contributed by atoms with E-state index >= 15 is 0 Å². The number of imidazole rings is 1. The van der Waals surface area contributed by atoms with Gasteiger partial charge in [-0.25, -0.2) is 15.0 Å². The van der Waals surface area contributed by atoms with E-state index in [2.05, 4.69) is 50.7 Å². The minimum absolute atomic E-state index is 0.0139. The summed E-state index contributed by atoms with van der Waals surface area (Å²) >= 11 is 6.25. The van der Waals surface area contributed by atoms with E-state index in [4.69, 9.17) is 21.1 Å². The maximum Gasteiger partial charge on any atom is 0.165 e. The second kappa shape index (κ2) is 9.83. The fourth-order valence-corrected chi connectivity index (χ4v) is 4.53. The highest BCUT2D eigenvalue weighted by Crippen LogP contribution is 2.39. The van der Waals surface area contributed by atoms with Gasteiger partial charge < -0.3 is 14.0 Å². The highest BCUT2D eigenvalue weighted by molar-refractivity contribution is 6.33. The topological polar surface area (TPSA) is 62.1 Å². The van der Waals surface area contributed by atoms with Gasteiger partial charge in [0.25, 0.3) is 0 Å². The number of hydrogen-bond acceptors (Lipinski definition) is 5. The number of rotatable bonds is 8. The molecule has 33 heavy (non-hydrogen) atoms. The second-order valence-corrected chi connectivity index (χ2v) is 8.60. The minimum atomic E-state index is -0.119. The van der Waals surface area contributed by atoms with Gasteiger partial charge >= 0.3 is 0 Å². The molecule has 0 unspecified atom stereocenters. The van der Waals surface area contributed by atoms with Crippen LogP contribution < -0.4 is 0 Å². The van der Waals surface area contributed by atoms with Crippen molar-refractivity contribution in [3.8, 4) is 0 Å². The molecule has 2 atom stereocenters. The van der Waals surface area contributed by atoms with Crippen LogP contribution in [0.1, 0.15) is 30.5 Å². The maximum atomic E-state index is 6.47. The molecule has 7 heteroatoms. The second-order valence-electron chi connectivity index (χ2n) is 8.24. The predicted molar refractivity (Wildman–Crippen MR) is 128 cm³/mol. The summed E-state index contributed by atoms with van der Waals surface area (Å²) in [5.74, 6) is 0. The lowest BCUT2D eigenvalue weighted by Gasteiger charge is -2.23. The van der Waals surface area contributed by atoms with Gasteiger partial charge in [0.2, 0.25) is 0 Å². The third kappa shape index (κ3) is 4.69. The van der Waals surface area contributed by atoms with E-state index in [0.717, 1.165) is 17.5 Å². The average Bonchev–Trinajstić information content (AvgIpc) is 3.41. The summed E-state index contributed by atoms with van der Waals surface area (Å²) in [4.78, 5) is 13.0. The number of halogens is 1. The summed E-state index contributed by atoms with van der Waals surface area (Å²) in [7, 11) is 0. The van der Waals surface area contributed by atoms with Crippen LogP contribution in [0.5, 0.6) is 0 Å². The summed E-state index contributed by atoms with van der Waals surface area (Å²) in [6.45, 7) is 3.80. The van der Waals surface area contributed by atoms with Gasteiger partial charge in [0.05, 0.1) is 32.2 Å². The van der Waals surface area contributed by atoms with Crippen LogP contribution in [0.4, 0.5) is 0 Å². The van der Waals surface area contributed by atoms with E-state index < -0.39 is 0 Å². The number of ether oxygens (including phenoxy) is 2. The van der Waals surface area contributed by atoms with E-state index in [1.54, 1.807) is 6.33 Å². The van der Waals surface area contributed by atoms with E-state index in [1.807, 2.05) is 36.4 Å². The molecule has 0 N–H and O–H groups in total. The monoisotopic (exact) mass is 460 g/mol. The largest absolute Gasteiger partial charge is 0.372 e. The van der Waals surface area contributed by atoms with Gasteiger partial charge in [0.15, 0.2) is 10.8 Å². The van der Waals surface area contributed by atoms with Gasteiger partial charge in [-0.05, 0) is 35.6 Å². The molecule has 0 radical (unpaired) electrons. The fourth-order valence-electron chi connectivity index (χ4n) is 4.36. The molecule has 0 amide bonds. The Morgan fingerprint density at radius 3 is 2.33 bits per heavy atom. The van der Waals surface area contributed by atoms with Gasteiger partial charge in [-0.2, -0.15) is 0 Å². The first-order valence-corrected chi connectivity index (χ1v) is 11.4. The molecule has 168 valence electrons. The molecule has 0 fully saturated rings. The Morgan fingerprint density at radius 2 is 1.61 bits per heavy atom. The summed E-state index contributed by atoms with van der Waals surface area (Å²) in [6.07, 6.45) is 3.94. The third-order valence-corrected chi connectivity index (χ3v) is 6.40. The van der Waals surface area contributed by atoms with Crippen LogP contribution in [0.3, 0.4) is 0 Å². The number of benzene rings is 2. The molecule has 1 aliphatic carbocycles. The van der Waals surface area contributed by atoms with Crippen molar-refractivity contribution in [2.75, 3.05) is 6.61 Å².